The van der Waals surface area contributed by atoms with Crippen molar-refractivity contribution in [3.63, 3.8) is 0 Å². The summed E-state index contributed by atoms with van der Waals surface area (Å²) in [6, 6.07) is 4.92. The maximum absolute atomic E-state index is 12.3. The van der Waals surface area contributed by atoms with Gasteiger partial charge in [-0.15, -0.1) is 12.4 Å². The van der Waals surface area contributed by atoms with Gasteiger partial charge in [0.1, 0.15) is 11.5 Å². The number of aromatic nitrogens is 1. The van der Waals surface area contributed by atoms with Crippen LogP contribution in [0.2, 0.25) is 0 Å². The Morgan fingerprint density at radius 2 is 2.30 bits per heavy atom. The average molecular weight is 398 g/mol. The van der Waals surface area contributed by atoms with Gasteiger partial charge in [0.25, 0.3) is 0 Å². The van der Waals surface area contributed by atoms with Gasteiger partial charge in [0.2, 0.25) is 11.8 Å². The Bertz CT molecular complexity index is 772. The molecule has 1 aromatic heterocycles. The van der Waals surface area contributed by atoms with Crippen molar-refractivity contribution in [1.29, 1.82) is 0 Å². The van der Waals surface area contributed by atoms with Crippen LogP contribution in [0.25, 0.3) is 11.5 Å². The maximum atomic E-state index is 12.3. The van der Waals surface area contributed by atoms with E-state index >= 15 is 0 Å². The van der Waals surface area contributed by atoms with E-state index < -0.39 is 0 Å². The van der Waals surface area contributed by atoms with Crippen LogP contribution in [0.5, 0.6) is 11.5 Å². The van der Waals surface area contributed by atoms with Crippen molar-refractivity contribution >= 4 is 18.3 Å². The van der Waals surface area contributed by atoms with Crippen LogP contribution in [0.15, 0.2) is 22.6 Å². The molecule has 0 saturated carbocycles. The van der Waals surface area contributed by atoms with Crippen molar-refractivity contribution in [2.24, 2.45) is 5.92 Å². The van der Waals surface area contributed by atoms with Gasteiger partial charge in [-0.05, 0) is 25.1 Å². The number of amides is 1. The molecule has 1 aromatic carbocycles. The third-order valence-corrected chi connectivity index (χ3v) is 4.25. The van der Waals surface area contributed by atoms with Crippen LogP contribution in [0.3, 0.4) is 0 Å². The van der Waals surface area contributed by atoms with Crippen LogP contribution in [-0.2, 0) is 16.1 Å². The first-order valence-corrected chi connectivity index (χ1v) is 8.48. The SMILES string of the molecule is COc1ccc(-c2nc(CNC(=O)C3CNCCOC3)c(C)o2)cc1O.Cl. The fraction of sp³-hybridized carbons (Fsp3) is 0.444. The molecule has 0 radical (unpaired) electrons. The number of nitrogens with zero attached hydrogens (tertiary/aromatic N) is 1. The topological polar surface area (TPSA) is 106 Å². The van der Waals surface area contributed by atoms with Gasteiger partial charge in [0.15, 0.2) is 11.5 Å². The number of carbonyl (C=O) groups excluding carboxylic acids is 1. The second-order valence-electron chi connectivity index (χ2n) is 6.10. The summed E-state index contributed by atoms with van der Waals surface area (Å²) in [6.07, 6.45) is 0. The molecule has 8 nitrogen and oxygen atoms in total. The van der Waals surface area contributed by atoms with Gasteiger partial charge in [-0.3, -0.25) is 4.79 Å². The quantitative estimate of drug-likeness (QED) is 0.704. The lowest BCUT2D eigenvalue weighted by molar-refractivity contribution is -0.126. The molecule has 1 amide bonds. The molecule has 3 N–H and O–H groups in total. The van der Waals surface area contributed by atoms with E-state index in [4.69, 9.17) is 13.9 Å². The number of phenols is 1. The minimum atomic E-state index is -0.220. The van der Waals surface area contributed by atoms with Gasteiger partial charge in [-0.25, -0.2) is 4.98 Å². The number of aryl methyl sites for hydroxylation is 1. The van der Waals surface area contributed by atoms with Crippen LogP contribution in [0.4, 0.5) is 0 Å². The minimum absolute atomic E-state index is 0. The Balaban J connectivity index is 0.00000261. The summed E-state index contributed by atoms with van der Waals surface area (Å²) in [5.74, 6) is 1.09. The predicted molar refractivity (Wildman–Crippen MR) is 101 cm³/mol. The number of oxazole rings is 1. The number of rotatable bonds is 5. The molecule has 27 heavy (non-hydrogen) atoms. The van der Waals surface area contributed by atoms with Crippen LogP contribution >= 0.6 is 12.4 Å². The second kappa shape index (κ2) is 9.59. The van der Waals surface area contributed by atoms with Crippen molar-refractivity contribution < 1.29 is 23.8 Å². The predicted octanol–water partition coefficient (Wildman–Crippen LogP) is 1.64. The zero-order chi connectivity index (χ0) is 18.5. The zero-order valence-corrected chi connectivity index (χ0v) is 16.1. The van der Waals surface area contributed by atoms with Crippen LogP contribution in [0, 0.1) is 12.8 Å². The summed E-state index contributed by atoms with van der Waals surface area (Å²) in [7, 11) is 1.49. The standard InChI is InChI=1S/C18H23N3O5.ClH/c1-11-14(9-20-17(23)13-8-19-5-6-25-10-13)21-18(26-11)12-3-4-16(24-2)15(22)7-12;/h3-4,7,13,19,22H,5-6,8-10H2,1-2H3,(H,20,23);1H. The van der Waals surface area contributed by atoms with Crippen molar-refractivity contribution in [3.05, 3.63) is 29.7 Å². The van der Waals surface area contributed by atoms with Gasteiger partial charge in [0, 0.05) is 18.7 Å². The molecular formula is C18H24ClN3O5. The molecule has 1 aliphatic heterocycles. The number of ether oxygens (including phenoxy) is 2. The molecular weight excluding hydrogens is 374 g/mol. The molecule has 0 spiro atoms. The summed E-state index contributed by atoms with van der Waals surface area (Å²) in [5, 5.41) is 16.0. The average Bonchev–Trinajstić information content (AvgIpc) is 2.84. The van der Waals surface area contributed by atoms with E-state index in [0.29, 0.717) is 48.4 Å². The highest BCUT2D eigenvalue weighted by Crippen LogP contribution is 2.31. The van der Waals surface area contributed by atoms with Gasteiger partial charge < -0.3 is 29.6 Å². The molecule has 0 bridgehead atoms. The molecule has 9 heteroatoms. The molecule has 148 valence electrons. The van der Waals surface area contributed by atoms with E-state index in [1.54, 1.807) is 19.1 Å². The number of aromatic hydroxyl groups is 1. The lowest BCUT2D eigenvalue weighted by atomic mass is 10.1. The first kappa shape index (κ1) is 21.0. The third-order valence-electron chi connectivity index (χ3n) is 4.25. The summed E-state index contributed by atoms with van der Waals surface area (Å²) in [5.41, 5.74) is 1.27. The van der Waals surface area contributed by atoms with Gasteiger partial charge in [-0.1, -0.05) is 0 Å². The highest BCUT2D eigenvalue weighted by molar-refractivity contribution is 5.85. The fourth-order valence-electron chi connectivity index (χ4n) is 2.73. The largest absolute Gasteiger partial charge is 0.504 e. The van der Waals surface area contributed by atoms with Crippen molar-refractivity contribution in [2.45, 2.75) is 13.5 Å². The van der Waals surface area contributed by atoms with E-state index in [-0.39, 0.29) is 36.5 Å². The molecule has 0 aliphatic carbocycles. The number of nitrogens with one attached hydrogen (secondary N) is 2. The number of carbonyl (C=O) groups is 1. The minimum Gasteiger partial charge on any atom is -0.504 e. The Hall–Kier alpha value is -2.29. The fourth-order valence-corrected chi connectivity index (χ4v) is 2.73. The normalized spacial score (nSPS) is 16.9. The number of halogens is 1. The van der Waals surface area contributed by atoms with E-state index in [1.165, 1.54) is 13.2 Å². The first-order valence-electron chi connectivity index (χ1n) is 8.48. The van der Waals surface area contributed by atoms with Crippen LogP contribution in [-0.4, -0.2) is 49.4 Å². The smallest absolute Gasteiger partial charge is 0.227 e. The number of benzene rings is 1. The summed E-state index contributed by atoms with van der Waals surface area (Å²) in [6.45, 7) is 4.44. The zero-order valence-electron chi connectivity index (χ0n) is 15.3. The number of hydrogen-bond acceptors (Lipinski definition) is 7. The summed E-state index contributed by atoms with van der Waals surface area (Å²) < 4.78 is 16.1. The highest BCUT2D eigenvalue weighted by atomic mass is 35.5. The molecule has 2 heterocycles. The Kier molecular flexibility index (Phi) is 7.46. The number of methoxy groups -OCH3 is 1. The summed E-state index contributed by atoms with van der Waals surface area (Å²) >= 11 is 0. The van der Waals surface area contributed by atoms with E-state index in [0.717, 1.165) is 6.54 Å². The maximum Gasteiger partial charge on any atom is 0.227 e. The second-order valence-corrected chi connectivity index (χ2v) is 6.10. The Morgan fingerprint density at radius 3 is 3.04 bits per heavy atom. The molecule has 1 fully saturated rings. The number of phenolic OH excluding ortho intramolecular Hbond substituents is 1. The highest BCUT2D eigenvalue weighted by Gasteiger charge is 2.21. The summed E-state index contributed by atoms with van der Waals surface area (Å²) in [4.78, 5) is 16.7. The molecule has 1 aliphatic rings. The van der Waals surface area contributed by atoms with Crippen LogP contribution in [0.1, 0.15) is 11.5 Å². The van der Waals surface area contributed by atoms with Crippen molar-refractivity contribution in [1.82, 2.24) is 15.6 Å². The lowest BCUT2D eigenvalue weighted by Gasteiger charge is -2.13. The molecule has 1 unspecified atom stereocenters. The molecule has 1 saturated heterocycles. The van der Waals surface area contributed by atoms with E-state index in [9.17, 15) is 9.90 Å². The van der Waals surface area contributed by atoms with Crippen molar-refractivity contribution in [2.75, 3.05) is 33.4 Å². The number of hydrogen-bond donors (Lipinski definition) is 3. The first-order chi connectivity index (χ1) is 12.6. The molecule has 3 rings (SSSR count). The van der Waals surface area contributed by atoms with Gasteiger partial charge in [0.05, 0.1) is 32.8 Å². The monoisotopic (exact) mass is 397 g/mol. The van der Waals surface area contributed by atoms with E-state index in [2.05, 4.69) is 15.6 Å². The third kappa shape index (κ3) is 5.12. The van der Waals surface area contributed by atoms with Crippen molar-refractivity contribution in [3.8, 4) is 23.0 Å². The molecule has 2 aromatic rings. The Labute approximate surface area is 163 Å². The van der Waals surface area contributed by atoms with Gasteiger partial charge >= 0.3 is 0 Å². The lowest BCUT2D eigenvalue weighted by Crippen LogP contribution is -2.37. The van der Waals surface area contributed by atoms with Crippen LogP contribution < -0.4 is 15.4 Å². The Morgan fingerprint density at radius 1 is 1.48 bits per heavy atom. The van der Waals surface area contributed by atoms with E-state index in [1.807, 2.05) is 0 Å². The van der Waals surface area contributed by atoms with Gasteiger partial charge in [-0.2, -0.15) is 0 Å². The molecule has 1 atom stereocenters.